The summed E-state index contributed by atoms with van der Waals surface area (Å²) in [7, 11) is 0. The molecule has 0 saturated carbocycles. The van der Waals surface area contributed by atoms with E-state index >= 15 is 0 Å². The molecule has 0 saturated heterocycles. The number of amides is 1. The van der Waals surface area contributed by atoms with Gasteiger partial charge in [-0.3, -0.25) is 4.79 Å². The Morgan fingerprint density at radius 2 is 1.90 bits per heavy atom. The molecule has 2 aromatic carbocycles. The van der Waals surface area contributed by atoms with Crippen LogP contribution in [0, 0.1) is 10.7 Å². The lowest BCUT2D eigenvalue weighted by Gasteiger charge is -2.15. The van der Waals surface area contributed by atoms with Crippen molar-refractivity contribution in [3.63, 3.8) is 0 Å². The lowest BCUT2D eigenvalue weighted by atomic mass is 9.92. The Labute approximate surface area is 114 Å². The van der Waals surface area contributed by atoms with Crippen molar-refractivity contribution in [1.82, 2.24) is 0 Å². The van der Waals surface area contributed by atoms with Crippen LogP contribution in [-0.4, -0.2) is 5.91 Å². The summed E-state index contributed by atoms with van der Waals surface area (Å²) in [5, 5.41) is 3.67. The fourth-order valence-corrected chi connectivity index (χ4v) is 2.54. The average molecular weight is 270 g/mol. The van der Waals surface area contributed by atoms with Crippen LogP contribution < -0.4 is 5.01 Å². The molecule has 5 heteroatoms. The smallest absolute Gasteiger partial charge is 0.257 e. The Morgan fingerprint density at radius 3 is 2.65 bits per heavy atom. The largest absolute Gasteiger partial charge is 0.272 e. The van der Waals surface area contributed by atoms with E-state index in [4.69, 9.17) is 0 Å². The maximum atomic E-state index is 13.5. The van der Waals surface area contributed by atoms with E-state index in [1.165, 1.54) is 12.1 Å². The van der Waals surface area contributed by atoms with E-state index in [-0.39, 0.29) is 0 Å². The molecule has 0 bridgehead atoms. The molecule has 0 aromatic heterocycles. The molecule has 0 radical (unpaired) electrons. The molecule has 1 amide bonds. The summed E-state index contributed by atoms with van der Waals surface area (Å²) < 4.78 is 13.5. The predicted molar refractivity (Wildman–Crippen MR) is 73.5 cm³/mol. The number of benzene rings is 2. The zero-order valence-electron chi connectivity index (χ0n) is 10.7. The molecule has 3 rings (SSSR count). The molecule has 0 fully saturated rings. The van der Waals surface area contributed by atoms with Gasteiger partial charge in [-0.15, -0.1) is 4.91 Å². The van der Waals surface area contributed by atoms with Crippen LogP contribution in [0.15, 0.2) is 47.8 Å². The van der Waals surface area contributed by atoms with Gasteiger partial charge in [0.15, 0.2) is 0 Å². The quantitative estimate of drug-likeness (QED) is 0.743. The summed E-state index contributed by atoms with van der Waals surface area (Å²) in [6.07, 6.45) is 0. The lowest BCUT2D eigenvalue weighted by molar-refractivity contribution is -0.119. The topological polar surface area (TPSA) is 49.7 Å². The molecular formula is C15H11FN2O2. The van der Waals surface area contributed by atoms with Crippen LogP contribution in [0.25, 0.3) is 11.1 Å². The highest BCUT2D eigenvalue weighted by molar-refractivity contribution is 6.04. The minimum atomic E-state index is -0.634. The Balaban J connectivity index is 2.37. The first kappa shape index (κ1) is 12.5. The Morgan fingerprint density at radius 1 is 1.15 bits per heavy atom. The summed E-state index contributed by atoms with van der Waals surface area (Å²) >= 11 is 0. The number of para-hydroxylation sites is 1. The normalized spacial score (nSPS) is 17.2. The van der Waals surface area contributed by atoms with E-state index in [2.05, 4.69) is 5.29 Å². The van der Waals surface area contributed by atoms with Gasteiger partial charge in [0.1, 0.15) is 5.82 Å². The zero-order chi connectivity index (χ0) is 14.3. The van der Waals surface area contributed by atoms with Crippen molar-refractivity contribution in [2.45, 2.75) is 12.8 Å². The van der Waals surface area contributed by atoms with Gasteiger partial charge in [-0.1, -0.05) is 24.3 Å². The van der Waals surface area contributed by atoms with Crippen LogP contribution in [0.4, 0.5) is 10.1 Å². The van der Waals surface area contributed by atoms with Crippen LogP contribution in [0.3, 0.4) is 0 Å². The predicted octanol–water partition coefficient (Wildman–Crippen LogP) is 3.62. The van der Waals surface area contributed by atoms with Crippen molar-refractivity contribution in [3.8, 4) is 11.1 Å². The Bertz CT molecular complexity index is 715. The van der Waals surface area contributed by atoms with Crippen LogP contribution in [0.2, 0.25) is 0 Å². The van der Waals surface area contributed by atoms with Gasteiger partial charge < -0.3 is 0 Å². The third kappa shape index (κ3) is 1.71. The van der Waals surface area contributed by atoms with Crippen molar-refractivity contribution in [2.75, 3.05) is 5.01 Å². The number of nitrogens with zero attached hydrogens (tertiary/aromatic N) is 2. The molecule has 20 heavy (non-hydrogen) atoms. The molecule has 4 nitrogen and oxygen atoms in total. The van der Waals surface area contributed by atoms with Gasteiger partial charge in [-0.2, -0.15) is 5.01 Å². The van der Waals surface area contributed by atoms with Crippen molar-refractivity contribution in [3.05, 3.63) is 58.8 Å². The molecule has 1 aliphatic heterocycles. The number of fused-ring (bicyclic) bond motifs is 3. The van der Waals surface area contributed by atoms with Crippen molar-refractivity contribution in [2.24, 2.45) is 5.29 Å². The zero-order valence-corrected chi connectivity index (χ0v) is 10.7. The van der Waals surface area contributed by atoms with E-state index in [0.717, 1.165) is 10.6 Å². The summed E-state index contributed by atoms with van der Waals surface area (Å²) in [4.78, 5) is 23.4. The molecule has 1 atom stereocenters. The standard InChI is InChI=1S/C15H11FN2O2/c1-9-13-8-10(16)6-7-11(13)12-4-2-3-5-14(12)18(17-20)15(9)19/h2-9H,1H3. The highest BCUT2D eigenvalue weighted by Gasteiger charge is 2.32. The molecule has 0 aliphatic carbocycles. The van der Waals surface area contributed by atoms with E-state index in [1.54, 1.807) is 37.3 Å². The fourth-order valence-electron chi connectivity index (χ4n) is 2.54. The maximum absolute atomic E-state index is 13.5. The summed E-state index contributed by atoms with van der Waals surface area (Å²) in [5.41, 5.74) is 2.42. The first-order valence-electron chi connectivity index (χ1n) is 6.19. The monoisotopic (exact) mass is 270 g/mol. The molecule has 100 valence electrons. The third-order valence-electron chi connectivity index (χ3n) is 3.56. The van der Waals surface area contributed by atoms with Crippen LogP contribution >= 0.6 is 0 Å². The second-order valence-corrected chi connectivity index (χ2v) is 4.70. The molecule has 1 heterocycles. The summed E-state index contributed by atoms with van der Waals surface area (Å²) in [6.45, 7) is 1.64. The van der Waals surface area contributed by atoms with Gasteiger partial charge in [-0.05, 0) is 36.2 Å². The number of carbonyl (C=O) groups excluding carboxylic acids is 1. The van der Waals surface area contributed by atoms with Crippen LogP contribution in [0.5, 0.6) is 0 Å². The number of nitroso groups, excluding NO2 is 1. The highest BCUT2D eigenvalue weighted by atomic mass is 19.1. The summed E-state index contributed by atoms with van der Waals surface area (Å²) in [5.74, 6) is -1.50. The molecule has 1 aliphatic rings. The molecule has 0 spiro atoms. The van der Waals surface area contributed by atoms with E-state index in [0.29, 0.717) is 16.8 Å². The highest BCUT2D eigenvalue weighted by Crippen LogP contribution is 2.41. The minimum absolute atomic E-state index is 0.409. The molecular weight excluding hydrogens is 259 g/mol. The van der Waals surface area contributed by atoms with Gasteiger partial charge in [0.25, 0.3) is 5.91 Å². The second kappa shape index (κ2) is 4.52. The average Bonchev–Trinajstić information content (AvgIpc) is 2.55. The molecule has 0 N–H and O–H groups in total. The van der Waals surface area contributed by atoms with E-state index in [1.807, 2.05) is 0 Å². The van der Waals surface area contributed by atoms with E-state index in [9.17, 15) is 14.1 Å². The Kier molecular flexibility index (Phi) is 2.82. The van der Waals surface area contributed by atoms with Crippen LogP contribution in [0.1, 0.15) is 18.4 Å². The minimum Gasteiger partial charge on any atom is -0.272 e. The lowest BCUT2D eigenvalue weighted by Crippen LogP contribution is -2.28. The van der Waals surface area contributed by atoms with Gasteiger partial charge >= 0.3 is 0 Å². The van der Waals surface area contributed by atoms with Crippen molar-refractivity contribution in [1.29, 1.82) is 0 Å². The van der Waals surface area contributed by atoms with Crippen molar-refractivity contribution >= 4 is 11.6 Å². The number of rotatable bonds is 1. The number of anilines is 1. The number of halogens is 1. The van der Waals surface area contributed by atoms with Gasteiger partial charge in [0.05, 0.1) is 16.9 Å². The van der Waals surface area contributed by atoms with Crippen LogP contribution in [-0.2, 0) is 4.79 Å². The number of hydrogen-bond donors (Lipinski definition) is 0. The fraction of sp³-hybridized carbons (Fsp3) is 0.133. The van der Waals surface area contributed by atoms with E-state index < -0.39 is 17.6 Å². The first-order chi connectivity index (χ1) is 9.63. The first-order valence-corrected chi connectivity index (χ1v) is 6.19. The number of carbonyl (C=O) groups is 1. The SMILES string of the molecule is CC1C(=O)N(N=O)c2ccccc2-c2ccc(F)cc21. The third-order valence-corrected chi connectivity index (χ3v) is 3.56. The second-order valence-electron chi connectivity index (χ2n) is 4.70. The van der Waals surface area contributed by atoms with Crippen molar-refractivity contribution < 1.29 is 9.18 Å². The molecule has 1 unspecified atom stereocenters. The van der Waals surface area contributed by atoms with Gasteiger partial charge in [0, 0.05) is 5.56 Å². The Hall–Kier alpha value is -2.56. The number of hydrogen-bond acceptors (Lipinski definition) is 3. The maximum Gasteiger partial charge on any atom is 0.257 e. The molecule has 2 aromatic rings. The van der Waals surface area contributed by atoms with Gasteiger partial charge in [0.2, 0.25) is 0 Å². The van der Waals surface area contributed by atoms with Gasteiger partial charge in [-0.25, -0.2) is 4.39 Å². The summed E-state index contributed by atoms with van der Waals surface area (Å²) in [6, 6.07) is 11.3.